The minimum atomic E-state index is -0.135. The van der Waals surface area contributed by atoms with Crippen molar-refractivity contribution in [3.05, 3.63) is 22.4 Å². The van der Waals surface area contributed by atoms with Crippen molar-refractivity contribution in [2.45, 2.75) is 45.1 Å². The molecule has 1 aromatic heterocycles. The lowest BCUT2D eigenvalue weighted by Gasteiger charge is -2.25. The molecule has 5 nitrogen and oxygen atoms in total. The number of hydrogen-bond acceptors (Lipinski definition) is 4. The Morgan fingerprint density at radius 1 is 1.29 bits per heavy atom. The summed E-state index contributed by atoms with van der Waals surface area (Å²) in [5.41, 5.74) is 0. The summed E-state index contributed by atoms with van der Waals surface area (Å²) < 4.78 is 0. The molecule has 0 spiro atoms. The maximum Gasteiger partial charge on any atom is 0.233 e. The molecule has 3 atom stereocenters. The number of nitrogens with zero attached hydrogens (tertiary/aromatic N) is 2. The van der Waals surface area contributed by atoms with Crippen LogP contribution in [0.15, 0.2) is 17.5 Å². The number of amides is 3. The molecular formula is C18H24N2O3S. The second-order valence-electron chi connectivity index (χ2n) is 6.77. The Labute approximate surface area is 146 Å². The van der Waals surface area contributed by atoms with E-state index in [1.54, 1.807) is 23.3 Å². The molecule has 3 rings (SSSR count). The summed E-state index contributed by atoms with van der Waals surface area (Å²) in [4.78, 5) is 41.5. The van der Waals surface area contributed by atoms with E-state index in [0.29, 0.717) is 0 Å². The summed E-state index contributed by atoms with van der Waals surface area (Å²) in [6, 6.07) is 3.99. The Balaban J connectivity index is 1.58. The molecular weight excluding hydrogens is 324 g/mol. The molecule has 1 aromatic rings. The third kappa shape index (κ3) is 3.11. The van der Waals surface area contributed by atoms with Gasteiger partial charge in [0.25, 0.3) is 0 Å². The Morgan fingerprint density at radius 2 is 1.92 bits per heavy atom. The summed E-state index contributed by atoms with van der Waals surface area (Å²) in [7, 11) is 1.78. The number of rotatable bonds is 5. The van der Waals surface area contributed by atoms with E-state index in [1.165, 1.54) is 4.90 Å². The van der Waals surface area contributed by atoms with Gasteiger partial charge in [0.1, 0.15) is 0 Å². The second-order valence-corrected chi connectivity index (χ2v) is 7.75. The third-order valence-corrected chi connectivity index (χ3v) is 6.45. The van der Waals surface area contributed by atoms with Crippen molar-refractivity contribution >= 4 is 29.1 Å². The molecule has 1 saturated heterocycles. The zero-order valence-electron chi connectivity index (χ0n) is 14.2. The van der Waals surface area contributed by atoms with Crippen molar-refractivity contribution in [2.75, 3.05) is 13.6 Å². The lowest BCUT2D eigenvalue weighted by molar-refractivity contribution is -0.141. The first-order valence-corrected chi connectivity index (χ1v) is 9.53. The first-order chi connectivity index (χ1) is 11.5. The quantitative estimate of drug-likeness (QED) is 0.769. The summed E-state index contributed by atoms with van der Waals surface area (Å²) in [6.45, 7) is 2.20. The van der Waals surface area contributed by atoms with Crippen LogP contribution in [0.3, 0.4) is 0 Å². The van der Waals surface area contributed by atoms with Crippen LogP contribution in [-0.4, -0.2) is 41.1 Å². The molecule has 2 heterocycles. The molecule has 1 saturated carbocycles. The van der Waals surface area contributed by atoms with Gasteiger partial charge in [0.05, 0.1) is 17.9 Å². The van der Waals surface area contributed by atoms with Gasteiger partial charge in [0, 0.05) is 24.9 Å². The molecule has 2 fully saturated rings. The van der Waals surface area contributed by atoms with Crippen LogP contribution in [0.25, 0.3) is 0 Å². The van der Waals surface area contributed by atoms with Gasteiger partial charge < -0.3 is 4.90 Å². The predicted molar refractivity (Wildman–Crippen MR) is 92.3 cm³/mol. The smallest absolute Gasteiger partial charge is 0.233 e. The highest BCUT2D eigenvalue weighted by Crippen LogP contribution is 2.38. The van der Waals surface area contributed by atoms with Crippen molar-refractivity contribution in [1.29, 1.82) is 0 Å². The van der Waals surface area contributed by atoms with Crippen LogP contribution in [0, 0.1) is 11.8 Å². The Hall–Kier alpha value is -1.69. The maximum atomic E-state index is 12.4. The Kier molecular flexibility index (Phi) is 5.04. The summed E-state index contributed by atoms with van der Waals surface area (Å²) in [6.07, 6.45) is 3.87. The van der Waals surface area contributed by atoms with E-state index in [2.05, 4.69) is 0 Å². The molecule has 3 unspecified atom stereocenters. The number of carbonyl (C=O) groups is 3. The van der Waals surface area contributed by atoms with Gasteiger partial charge in [-0.1, -0.05) is 18.9 Å². The minimum absolute atomic E-state index is 0.00469. The number of likely N-dealkylation sites (tertiary alicyclic amines) is 1. The lowest BCUT2D eigenvalue weighted by Crippen LogP contribution is -2.36. The van der Waals surface area contributed by atoms with Crippen LogP contribution >= 0.6 is 11.3 Å². The maximum absolute atomic E-state index is 12.4. The minimum Gasteiger partial charge on any atom is -0.338 e. The van der Waals surface area contributed by atoms with Crippen LogP contribution < -0.4 is 0 Å². The van der Waals surface area contributed by atoms with Crippen molar-refractivity contribution in [2.24, 2.45) is 11.8 Å². The van der Waals surface area contributed by atoms with Gasteiger partial charge in [-0.05, 0) is 31.2 Å². The van der Waals surface area contributed by atoms with Crippen molar-refractivity contribution in [3.63, 3.8) is 0 Å². The molecule has 1 aliphatic heterocycles. The molecule has 130 valence electrons. The Morgan fingerprint density at radius 3 is 2.46 bits per heavy atom. The highest BCUT2D eigenvalue weighted by atomic mass is 32.1. The van der Waals surface area contributed by atoms with Crippen molar-refractivity contribution in [3.8, 4) is 0 Å². The second kappa shape index (κ2) is 7.05. The first kappa shape index (κ1) is 17.1. The van der Waals surface area contributed by atoms with Crippen molar-refractivity contribution in [1.82, 2.24) is 9.80 Å². The molecule has 1 aliphatic carbocycles. The number of fused-ring (bicyclic) bond motifs is 1. The lowest BCUT2D eigenvalue weighted by atomic mass is 9.81. The average Bonchev–Trinajstić information content (AvgIpc) is 3.21. The van der Waals surface area contributed by atoms with Crippen LogP contribution in [0.1, 0.15) is 49.9 Å². The number of thiophene rings is 1. The van der Waals surface area contributed by atoms with E-state index in [0.717, 1.165) is 30.6 Å². The van der Waals surface area contributed by atoms with Crippen LogP contribution in [0.5, 0.6) is 0 Å². The number of hydrogen-bond donors (Lipinski definition) is 0. The normalized spacial score (nSPS) is 24.8. The molecule has 0 aromatic carbocycles. The molecule has 0 bridgehead atoms. The van der Waals surface area contributed by atoms with E-state index >= 15 is 0 Å². The van der Waals surface area contributed by atoms with E-state index in [4.69, 9.17) is 0 Å². The highest BCUT2D eigenvalue weighted by Gasteiger charge is 2.47. The molecule has 0 N–H and O–H groups in total. The standard InChI is InChI=1S/C18H24N2O3S/c1-12(15-8-5-11-24-15)19(2)16(21)9-10-20-17(22)13-6-3-4-7-14(13)18(20)23/h5,8,11-14H,3-4,6-7,9-10H2,1-2H3. The molecule has 0 radical (unpaired) electrons. The summed E-state index contributed by atoms with van der Waals surface area (Å²) >= 11 is 1.62. The average molecular weight is 348 g/mol. The first-order valence-electron chi connectivity index (χ1n) is 8.65. The molecule has 2 aliphatic rings. The fourth-order valence-corrected chi connectivity index (χ4v) is 4.60. The van der Waals surface area contributed by atoms with Gasteiger partial charge in [-0.3, -0.25) is 19.3 Å². The zero-order chi connectivity index (χ0) is 17.3. The summed E-state index contributed by atoms with van der Waals surface area (Å²) in [5, 5.41) is 1.99. The fraction of sp³-hybridized carbons (Fsp3) is 0.611. The van der Waals surface area contributed by atoms with Gasteiger partial charge >= 0.3 is 0 Å². The van der Waals surface area contributed by atoms with Crippen molar-refractivity contribution < 1.29 is 14.4 Å². The van der Waals surface area contributed by atoms with Crippen LogP contribution in [0.2, 0.25) is 0 Å². The number of imide groups is 1. The van der Waals surface area contributed by atoms with Gasteiger partial charge in [0.2, 0.25) is 17.7 Å². The van der Waals surface area contributed by atoms with E-state index in [9.17, 15) is 14.4 Å². The SMILES string of the molecule is CC(c1cccs1)N(C)C(=O)CCN1C(=O)C2CCCCC2C1=O. The predicted octanol–water partition coefficient (Wildman–Crippen LogP) is 2.83. The monoisotopic (exact) mass is 348 g/mol. The molecule has 6 heteroatoms. The third-order valence-electron chi connectivity index (χ3n) is 5.41. The zero-order valence-corrected chi connectivity index (χ0v) is 15.1. The van der Waals surface area contributed by atoms with Gasteiger partial charge in [-0.2, -0.15) is 0 Å². The summed E-state index contributed by atoms with van der Waals surface area (Å²) in [5.74, 6) is -0.433. The van der Waals surface area contributed by atoms with Gasteiger partial charge in [-0.25, -0.2) is 0 Å². The largest absolute Gasteiger partial charge is 0.338 e. The van der Waals surface area contributed by atoms with E-state index < -0.39 is 0 Å². The molecule has 24 heavy (non-hydrogen) atoms. The van der Waals surface area contributed by atoms with E-state index in [1.807, 2.05) is 24.4 Å². The van der Waals surface area contributed by atoms with E-state index in [-0.39, 0.29) is 48.6 Å². The highest BCUT2D eigenvalue weighted by molar-refractivity contribution is 7.10. The number of carbonyl (C=O) groups excluding carboxylic acids is 3. The van der Waals surface area contributed by atoms with Gasteiger partial charge in [0.15, 0.2) is 0 Å². The van der Waals surface area contributed by atoms with Crippen LogP contribution in [0.4, 0.5) is 0 Å². The van der Waals surface area contributed by atoms with Crippen LogP contribution in [-0.2, 0) is 14.4 Å². The van der Waals surface area contributed by atoms with Gasteiger partial charge in [-0.15, -0.1) is 11.3 Å². The fourth-order valence-electron chi connectivity index (χ4n) is 3.77. The topological polar surface area (TPSA) is 57.7 Å². The molecule has 3 amide bonds. The Bertz CT molecular complexity index is 604.